The first-order valence-corrected chi connectivity index (χ1v) is 7.53. The van der Waals surface area contributed by atoms with E-state index >= 15 is 0 Å². The molecule has 3 rings (SSSR count). The number of nitrogens with zero attached hydrogens (tertiary/aromatic N) is 3. The van der Waals surface area contributed by atoms with Crippen LogP contribution in [0.4, 0.5) is 0 Å². The number of aromatic amines is 1. The van der Waals surface area contributed by atoms with E-state index in [-0.39, 0.29) is 17.9 Å². The average molecular weight is 337 g/mol. The molecule has 1 aromatic heterocycles. The zero-order valence-electron chi connectivity index (χ0n) is 12.8. The molecule has 1 fully saturated rings. The fourth-order valence-corrected chi connectivity index (χ4v) is 3.09. The minimum absolute atomic E-state index is 0.00331. The molecule has 8 heteroatoms. The van der Waals surface area contributed by atoms with Gasteiger partial charge in [-0.15, -0.1) is 0 Å². The van der Waals surface area contributed by atoms with Gasteiger partial charge < -0.3 is 14.4 Å². The molecule has 0 radical (unpaired) electrons. The maximum atomic E-state index is 12.7. The molecular formula is C15H17ClN4O3. The lowest BCUT2D eigenvalue weighted by Crippen LogP contribution is -2.29. The van der Waals surface area contributed by atoms with Gasteiger partial charge in [-0.3, -0.25) is 4.79 Å². The van der Waals surface area contributed by atoms with Gasteiger partial charge >= 0.3 is 0 Å². The summed E-state index contributed by atoms with van der Waals surface area (Å²) in [6.45, 7) is 1.02. The van der Waals surface area contributed by atoms with Crippen LogP contribution < -0.4 is 4.74 Å². The van der Waals surface area contributed by atoms with Crippen molar-refractivity contribution in [3.63, 3.8) is 0 Å². The second-order valence-electron chi connectivity index (χ2n) is 5.33. The Bertz CT molecular complexity index is 692. The Morgan fingerprint density at radius 3 is 2.83 bits per heavy atom. The molecule has 2 heterocycles. The standard InChI is InChI=1S/C15H17ClN4O3/c1-22-13-4-3-9(5-11(13)16)15(21)20-7-10(14(8-20)23-2)12-6-17-19-18-12/h3-6,10,14H,7-8H2,1-2H3,(H,17,18,19)/t10-,14+/m0/s1. The third-order valence-corrected chi connectivity index (χ3v) is 4.36. The van der Waals surface area contributed by atoms with Crippen LogP contribution in [0.2, 0.25) is 5.02 Å². The number of aromatic nitrogens is 3. The highest BCUT2D eigenvalue weighted by molar-refractivity contribution is 6.32. The van der Waals surface area contributed by atoms with Gasteiger partial charge in [0.25, 0.3) is 5.91 Å². The summed E-state index contributed by atoms with van der Waals surface area (Å²) in [5.74, 6) is 0.443. The van der Waals surface area contributed by atoms with Crippen LogP contribution in [0.3, 0.4) is 0 Å². The van der Waals surface area contributed by atoms with E-state index in [1.165, 1.54) is 7.11 Å². The second kappa shape index (κ2) is 6.55. The van der Waals surface area contributed by atoms with Gasteiger partial charge in [0.05, 0.1) is 36.0 Å². The molecule has 1 saturated heterocycles. The van der Waals surface area contributed by atoms with Crippen molar-refractivity contribution in [2.75, 3.05) is 27.3 Å². The van der Waals surface area contributed by atoms with Crippen LogP contribution in [0.25, 0.3) is 0 Å². The number of methoxy groups -OCH3 is 2. The molecule has 0 saturated carbocycles. The number of amides is 1. The van der Waals surface area contributed by atoms with Crippen LogP contribution in [0.1, 0.15) is 22.0 Å². The number of nitrogens with one attached hydrogen (secondary N) is 1. The van der Waals surface area contributed by atoms with Crippen molar-refractivity contribution < 1.29 is 14.3 Å². The number of H-pyrrole nitrogens is 1. The van der Waals surface area contributed by atoms with Crippen molar-refractivity contribution in [3.05, 3.63) is 40.7 Å². The minimum atomic E-state index is -0.113. The topological polar surface area (TPSA) is 80.3 Å². The summed E-state index contributed by atoms with van der Waals surface area (Å²) in [6, 6.07) is 5.01. The van der Waals surface area contributed by atoms with Crippen LogP contribution >= 0.6 is 11.6 Å². The molecule has 1 aliphatic rings. The Morgan fingerprint density at radius 1 is 1.39 bits per heavy atom. The minimum Gasteiger partial charge on any atom is -0.495 e. The number of hydrogen-bond acceptors (Lipinski definition) is 5. The third kappa shape index (κ3) is 3.02. The first kappa shape index (κ1) is 15.8. The second-order valence-corrected chi connectivity index (χ2v) is 5.74. The number of carbonyl (C=O) groups excluding carboxylic acids is 1. The molecule has 23 heavy (non-hydrogen) atoms. The van der Waals surface area contributed by atoms with Gasteiger partial charge in [-0.05, 0) is 18.2 Å². The summed E-state index contributed by atoms with van der Waals surface area (Å²) in [7, 11) is 3.17. The van der Waals surface area contributed by atoms with E-state index in [0.717, 1.165) is 5.69 Å². The summed E-state index contributed by atoms with van der Waals surface area (Å²) in [4.78, 5) is 14.4. The maximum Gasteiger partial charge on any atom is 0.254 e. The Morgan fingerprint density at radius 2 is 2.22 bits per heavy atom. The van der Waals surface area contributed by atoms with Crippen LogP contribution in [0.5, 0.6) is 5.75 Å². The van der Waals surface area contributed by atoms with Crippen molar-refractivity contribution in [2.45, 2.75) is 12.0 Å². The largest absolute Gasteiger partial charge is 0.495 e. The molecule has 1 aliphatic heterocycles. The van der Waals surface area contributed by atoms with Crippen molar-refractivity contribution >= 4 is 17.5 Å². The lowest BCUT2D eigenvalue weighted by molar-refractivity contribution is 0.0714. The van der Waals surface area contributed by atoms with Crippen molar-refractivity contribution in [3.8, 4) is 5.75 Å². The number of carbonyl (C=O) groups is 1. The SMILES string of the molecule is COc1ccc(C(=O)N2C[C@@H](OC)[C@H](c3cn[nH]n3)C2)cc1Cl. The molecule has 0 unspecified atom stereocenters. The molecule has 1 N–H and O–H groups in total. The zero-order chi connectivity index (χ0) is 16.4. The third-order valence-electron chi connectivity index (χ3n) is 4.07. The quantitative estimate of drug-likeness (QED) is 0.919. The highest BCUT2D eigenvalue weighted by Crippen LogP contribution is 2.30. The monoisotopic (exact) mass is 336 g/mol. The number of rotatable bonds is 4. The molecule has 2 aromatic rings. The van der Waals surface area contributed by atoms with Crippen molar-refractivity contribution in [1.29, 1.82) is 0 Å². The Balaban J connectivity index is 1.79. The molecule has 0 spiro atoms. The molecule has 1 aromatic carbocycles. The van der Waals surface area contributed by atoms with E-state index in [4.69, 9.17) is 21.1 Å². The Labute approximate surface area is 138 Å². The number of ether oxygens (including phenoxy) is 2. The van der Waals surface area contributed by atoms with Gasteiger partial charge in [0.15, 0.2) is 0 Å². The lowest BCUT2D eigenvalue weighted by Gasteiger charge is -2.16. The van der Waals surface area contributed by atoms with Crippen molar-refractivity contribution in [2.24, 2.45) is 0 Å². The summed E-state index contributed by atoms with van der Waals surface area (Å²) < 4.78 is 10.6. The van der Waals surface area contributed by atoms with Crippen LogP contribution in [0.15, 0.2) is 24.4 Å². The van der Waals surface area contributed by atoms with Crippen LogP contribution in [0, 0.1) is 0 Å². The number of likely N-dealkylation sites (tertiary alicyclic amines) is 1. The Kier molecular flexibility index (Phi) is 4.49. The van der Waals surface area contributed by atoms with Crippen LogP contribution in [-0.2, 0) is 4.74 Å². The number of benzene rings is 1. The van der Waals surface area contributed by atoms with Gasteiger partial charge in [-0.25, -0.2) is 0 Å². The average Bonchev–Trinajstić information content (AvgIpc) is 3.22. The zero-order valence-corrected chi connectivity index (χ0v) is 13.6. The number of halogens is 1. The highest BCUT2D eigenvalue weighted by atomic mass is 35.5. The highest BCUT2D eigenvalue weighted by Gasteiger charge is 2.38. The summed E-state index contributed by atoms with van der Waals surface area (Å²) in [5, 5.41) is 10.9. The van der Waals surface area contributed by atoms with Gasteiger partial charge in [-0.2, -0.15) is 15.4 Å². The number of hydrogen-bond donors (Lipinski definition) is 1. The van der Waals surface area contributed by atoms with Gasteiger partial charge in [0.2, 0.25) is 0 Å². The summed E-state index contributed by atoms with van der Waals surface area (Å²) in [5.41, 5.74) is 1.31. The van der Waals surface area contributed by atoms with E-state index in [1.807, 2.05) is 0 Å². The maximum absolute atomic E-state index is 12.7. The molecule has 122 valence electrons. The molecule has 0 bridgehead atoms. The normalized spacial score (nSPS) is 20.7. The summed E-state index contributed by atoms with van der Waals surface area (Å²) >= 11 is 6.10. The van der Waals surface area contributed by atoms with Crippen molar-refractivity contribution in [1.82, 2.24) is 20.3 Å². The van der Waals surface area contributed by atoms with Gasteiger partial charge in [-0.1, -0.05) is 11.6 Å². The van der Waals surface area contributed by atoms with E-state index < -0.39 is 0 Å². The predicted octanol–water partition coefficient (Wildman–Crippen LogP) is 1.72. The van der Waals surface area contributed by atoms with E-state index in [9.17, 15) is 4.79 Å². The molecule has 0 aliphatic carbocycles. The predicted molar refractivity (Wildman–Crippen MR) is 83.8 cm³/mol. The fourth-order valence-electron chi connectivity index (χ4n) is 2.83. The van der Waals surface area contributed by atoms with E-state index in [2.05, 4.69) is 15.4 Å². The van der Waals surface area contributed by atoms with Crippen LogP contribution in [-0.4, -0.2) is 59.6 Å². The molecule has 1 amide bonds. The first-order valence-electron chi connectivity index (χ1n) is 7.15. The molecule has 2 atom stereocenters. The first-order chi connectivity index (χ1) is 11.1. The molecular weight excluding hydrogens is 320 g/mol. The van der Waals surface area contributed by atoms with E-state index in [1.54, 1.807) is 36.4 Å². The Hall–Kier alpha value is -2.12. The lowest BCUT2D eigenvalue weighted by atomic mass is 10.0. The summed E-state index contributed by atoms with van der Waals surface area (Å²) in [6.07, 6.45) is 1.55. The van der Waals surface area contributed by atoms with Gasteiger partial charge in [0, 0.05) is 25.8 Å². The molecule has 7 nitrogen and oxygen atoms in total. The van der Waals surface area contributed by atoms with Gasteiger partial charge in [0.1, 0.15) is 5.75 Å². The fraction of sp³-hybridized carbons (Fsp3) is 0.400. The van der Waals surface area contributed by atoms with E-state index in [0.29, 0.717) is 29.4 Å². The smallest absolute Gasteiger partial charge is 0.254 e.